The lowest BCUT2D eigenvalue weighted by Crippen LogP contribution is -2.32. The summed E-state index contributed by atoms with van der Waals surface area (Å²) >= 11 is 0. The second kappa shape index (κ2) is 10.5. The fraction of sp³-hybridized carbons (Fsp3) is 0.600. The van der Waals surface area contributed by atoms with Crippen LogP contribution in [0.15, 0.2) is 18.2 Å². The van der Waals surface area contributed by atoms with Crippen molar-refractivity contribution in [2.75, 3.05) is 35.0 Å². The third-order valence-corrected chi connectivity index (χ3v) is 6.65. The van der Waals surface area contributed by atoms with Crippen LogP contribution in [0.4, 0.5) is 11.4 Å². The van der Waals surface area contributed by atoms with Crippen LogP contribution in [-0.2, 0) is 19.6 Å². The molecule has 0 saturated carbocycles. The number of carbonyl (C=O) groups is 2. The minimum Gasteiger partial charge on any atom is -0.506 e. The third kappa shape index (κ3) is 6.35. The molecule has 1 aliphatic rings. The predicted molar refractivity (Wildman–Crippen MR) is 113 cm³/mol. The maximum absolute atomic E-state index is 12.3. The highest BCUT2D eigenvalue weighted by Crippen LogP contribution is 2.32. The zero-order valence-corrected chi connectivity index (χ0v) is 18.0. The van der Waals surface area contributed by atoms with E-state index < -0.39 is 10.0 Å². The number of carbonyl (C=O) groups excluding carboxylic acids is 2. The Morgan fingerprint density at radius 3 is 2.45 bits per heavy atom. The average Bonchev–Trinajstić information content (AvgIpc) is 3.02. The maximum Gasteiger partial charge on any atom is 0.235 e. The van der Waals surface area contributed by atoms with E-state index in [9.17, 15) is 23.1 Å². The third-order valence-electron chi connectivity index (χ3n) is 4.78. The molecule has 29 heavy (non-hydrogen) atoms. The molecule has 1 aliphatic heterocycles. The van der Waals surface area contributed by atoms with Gasteiger partial charge in [0.15, 0.2) is 0 Å². The van der Waals surface area contributed by atoms with Gasteiger partial charge in [-0.3, -0.25) is 13.9 Å². The van der Waals surface area contributed by atoms with E-state index in [4.69, 9.17) is 0 Å². The van der Waals surface area contributed by atoms with Crippen molar-refractivity contribution in [3.8, 4) is 5.75 Å². The SMILES string of the molecule is CCCN(CCC)C(=O)CCCC(=O)Nc1cc(N2CCCS2(=O)=O)ccc1O. The first-order valence-electron chi connectivity index (χ1n) is 10.2. The highest BCUT2D eigenvalue weighted by atomic mass is 32.2. The summed E-state index contributed by atoms with van der Waals surface area (Å²) in [5, 5.41) is 12.6. The Labute approximate surface area is 172 Å². The zero-order chi connectivity index (χ0) is 21.4. The molecule has 1 saturated heterocycles. The van der Waals surface area contributed by atoms with Crippen LogP contribution in [-0.4, -0.2) is 55.6 Å². The van der Waals surface area contributed by atoms with Crippen molar-refractivity contribution in [2.24, 2.45) is 0 Å². The Bertz CT molecular complexity index is 819. The van der Waals surface area contributed by atoms with E-state index in [1.165, 1.54) is 22.5 Å². The van der Waals surface area contributed by atoms with E-state index in [1.54, 1.807) is 0 Å². The number of phenolic OH excluding ortho intramolecular Hbond substituents is 1. The molecular formula is C20H31N3O5S. The van der Waals surface area contributed by atoms with Crippen LogP contribution in [0.25, 0.3) is 0 Å². The van der Waals surface area contributed by atoms with Crippen LogP contribution in [0.3, 0.4) is 0 Å². The summed E-state index contributed by atoms with van der Waals surface area (Å²) in [6.07, 6.45) is 3.19. The summed E-state index contributed by atoms with van der Waals surface area (Å²) in [5.41, 5.74) is 0.583. The molecule has 2 amide bonds. The van der Waals surface area contributed by atoms with Gasteiger partial charge < -0.3 is 15.3 Å². The molecule has 0 bridgehead atoms. The number of aromatic hydroxyl groups is 1. The van der Waals surface area contributed by atoms with E-state index in [1.807, 2.05) is 18.7 Å². The number of nitrogens with zero attached hydrogens (tertiary/aromatic N) is 2. The van der Waals surface area contributed by atoms with Gasteiger partial charge in [-0.2, -0.15) is 0 Å². The van der Waals surface area contributed by atoms with E-state index in [0.717, 1.165) is 25.9 Å². The molecule has 2 N–H and O–H groups in total. The second-order valence-electron chi connectivity index (χ2n) is 7.23. The van der Waals surface area contributed by atoms with Gasteiger partial charge in [0.05, 0.1) is 17.1 Å². The van der Waals surface area contributed by atoms with Crippen molar-refractivity contribution >= 4 is 33.2 Å². The Hall–Kier alpha value is -2.29. The number of nitrogens with one attached hydrogen (secondary N) is 1. The molecule has 0 atom stereocenters. The van der Waals surface area contributed by atoms with E-state index in [0.29, 0.717) is 31.5 Å². The number of benzene rings is 1. The van der Waals surface area contributed by atoms with Crippen molar-refractivity contribution in [1.82, 2.24) is 4.90 Å². The van der Waals surface area contributed by atoms with Crippen LogP contribution >= 0.6 is 0 Å². The fourth-order valence-electron chi connectivity index (χ4n) is 3.38. The minimum atomic E-state index is -3.34. The van der Waals surface area contributed by atoms with E-state index in [-0.39, 0.29) is 35.4 Å². The lowest BCUT2D eigenvalue weighted by molar-refractivity contribution is -0.131. The smallest absolute Gasteiger partial charge is 0.235 e. The van der Waals surface area contributed by atoms with Gasteiger partial charge in [-0.05, 0) is 43.9 Å². The van der Waals surface area contributed by atoms with Crippen molar-refractivity contribution in [2.45, 2.75) is 52.4 Å². The van der Waals surface area contributed by atoms with Gasteiger partial charge in [-0.25, -0.2) is 8.42 Å². The van der Waals surface area contributed by atoms with Gasteiger partial charge in [-0.1, -0.05) is 13.8 Å². The Morgan fingerprint density at radius 2 is 1.86 bits per heavy atom. The van der Waals surface area contributed by atoms with Crippen molar-refractivity contribution in [3.05, 3.63) is 18.2 Å². The molecule has 0 aliphatic carbocycles. The van der Waals surface area contributed by atoms with Crippen LogP contribution in [0.2, 0.25) is 0 Å². The second-order valence-corrected chi connectivity index (χ2v) is 9.24. The van der Waals surface area contributed by atoms with Crippen LogP contribution < -0.4 is 9.62 Å². The van der Waals surface area contributed by atoms with Crippen LogP contribution in [0.5, 0.6) is 5.75 Å². The summed E-state index contributed by atoms with van der Waals surface area (Å²) < 4.78 is 25.4. The summed E-state index contributed by atoms with van der Waals surface area (Å²) in [6.45, 7) is 5.88. The standard InChI is InChI=1S/C20H31N3O5S/c1-3-11-22(12-4-2)20(26)8-5-7-19(25)21-17-15-16(9-10-18(17)24)23-13-6-14-29(23,27)28/h9-10,15,24H,3-8,11-14H2,1-2H3,(H,21,25). The van der Waals surface area contributed by atoms with Gasteiger partial charge in [-0.15, -0.1) is 0 Å². The van der Waals surface area contributed by atoms with Gasteiger partial charge in [0.2, 0.25) is 21.8 Å². The molecule has 9 heteroatoms. The zero-order valence-electron chi connectivity index (χ0n) is 17.2. The number of phenols is 1. The number of anilines is 2. The first-order chi connectivity index (χ1) is 13.8. The molecule has 1 aromatic carbocycles. The lowest BCUT2D eigenvalue weighted by atomic mass is 10.2. The van der Waals surface area contributed by atoms with E-state index in [2.05, 4.69) is 5.32 Å². The number of hydrogen-bond acceptors (Lipinski definition) is 5. The van der Waals surface area contributed by atoms with Gasteiger partial charge >= 0.3 is 0 Å². The van der Waals surface area contributed by atoms with Gasteiger partial charge in [0.25, 0.3) is 0 Å². The van der Waals surface area contributed by atoms with Crippen LogP contribution in [0.1, 0.15) is 52.4 Å². The summed E-state index contributed by atoms with van der Waals surface area (Å²) in [7, 11) is -3.34. The molecule has 162 valence electrons. The van der Waals surface area contributed by atoms with Crippen molar-refractivity contribution in [3.63, 3.8) is 0 Å². The summed E-state index contributed by atoms with van der Waals surface area (Å²) in [5.74, 6) is -0.319. The van der Waals surface area contributed by atoms with Gasteiger partial charge in [0, 0.05) is 32.5 Å². The average molecular weight is 426 g/mol. The monoisotopic (exact) mass is 425 g/mol. The molecular weight excluding hydrogens is 394 g/mol. The molecule has 2 rings (SSSR count). The number of rotatable bonds is 10. The minimum absolute atomic E-state index is 0.0468. The molecule has 1 heterocycles. The largest absolute Gasteiger partial charge is 0.506 e. The fourth-order valence-corrected chi connectivity index (χ4v) is 4.94. The van der Waals surface area contributed by atoms with Crippen molar-refractivity contribution < 1.29 is 23.1 Å². The molecule has 0 unspecified atom stereocenters. The number of hydrogen-bond donors (Lipinski definition) is 2. The normalized spacial score (nSPS) is 15.3. The predicted octanol–water partition coefficient (Wildman–Crippen LogP) is 2.69. The van der Waals surface area contributed by atoms with Crippen LogP contribution in [0, 0.1) is 0 Å². The van der Waals surface area contributed by atoms with Gasteiger partial charge in [0.1, 0.15) is 5.75 Å². The summed E-state index contributed by atoms with van der Waals surface area (Å²) in [6, 6.07) is 4.35. The number of sulfonamides is 1. The highest BCUT2D eigenvalue weighted by molar-refractivity contribution is 7.93. The number of amides is 2. The molecule has 8 nitrogen and oxygen atoms in total. The maximum atomic E-state index is 12.3. The Morgan fingerprint density at radius 1 is 1.17 bits per heavy atom. The lowest BCUT2D eigenvalue weighted by Gasteiger charge is -2.21. The first kappa shape index (κ1) is 23.0. The van der Waals surface area contributed by atoms with Crippen molar-refractivity contribution in [1.29, 1.82) is 0 Å². The Balaban J connectivity index is 1.92. The molecule has 0 spiro atoms. The molecule has 1 aromatic rings. The molecule has 1 fully saturated rings. The summed E-state index contributed by atoms with van der Waals surface area (Å²) in [4.78, 5) is 26.3. The molecule has 0 aromatic heterocycles. The first-order valence-corrected chi connectivity index (χ1v) is 11.8. The Kier molecular flexibility index (Phi) is 8.31. The molecule has 0 radical (unpaired) electrons. The quantitative estimate of drug-likeness (QED) is 0.561. The topological polar surface area (TPSA) is 107 Å². The van der Waals surface area contributed by atoms with E-state index >= 15 is 0 Å². The highest BCUT2D eigenvalue weighted by Gasteiger charge is 2.29.